The summed E-state index contributed by atoms with van der Waals surface area (Å²) in [6, 6.07) is 22.5. The third-order valence-corrected chi connectivity index (χ3v) is 6.33. The molecule has 4 heterocycles. The van der Waals surface area contributed by atoms with Crippen LogP contribution >= 0.6 is 0 Å². The molecule has 1 saturated heterocycles. The highest BCUT2D eigenvalue weighted by Crippen LogP contribution is 2.49. The number of amides is 1. The molecule has 3 aliphatic rings. The number of carbonyl (C=O) groups is 1. The number of nitrogens with one attached hydrogen (secondary N) is 1. The largest absolute Gasteiger partial charge is 0.370 e. The Kier molecular flexibility index (Phi) is 3.25. The predicted octanol–water partition coefficient (Wildman–Crippen LogP) is 3.18. The Morgan fingerprint density at radius 1 is 1.03 bits per heavy atom. The predicted molar refractivity (Wildman–Crippen MR) is 112 cm³/mol. The fourth-order valence-corrected chi connectivity index (χ4v) is 5.16. The van der Waals surface area contributed by atoms with Crippen LogP contribution in [0, 0.1) is 0 Å². The number of benzene rings is 2. The number of aliphatic imine (C=N–C) groups is 1. The molecule has 3 aliphatic heterocycles. The zero-order valence-corrected chi connectivity index (χ0v) is 15.9. The van der Waals surface area contributed by atoms with Gasteiger partial charge >= 0.3 is 0 Å². The number of guanidine groups is 1. The highest BCUT2D eigenvalue weighted by molar-refractivity contribution is 6.00. The minimum Gasteiger partial charge on any atom is -0.370 e. The maximum Gasteiger partial charge on any atom is 0.272 e. The summed E-state index contributed by atoms with van der Waals surface area (Å²) in [4.78, 5) is 20.2. The summed E-state index contributed by atoms with van der Waals surface area (Å²) in [6.45, 7) is 0.720. The second-order valence-electron chi connectivity index (χ2n) is 7.89. The third kappa shape index (κ3) is 2.11. The van der Waals surface area contributed by atoms with Gasteiger partial charge in [0.15, 0.2) is 17.8 Å². The van der Waals surface area contributed by atoms with E-state index in [1.807, 2.05) is 47.4 Å². The standard InChI is InChI=1S/C23H21N5O/c24-22-25-21-23(26-22)12-7-13-27(23)20(29)18-14-17(15-8-3-1-4-9-15)19(28(18)21)16-10-5-2-6-11-16/h1-6,8-11,14,21H,7,12-13H2,(H3,24,25,26)/t21-,23+/m0/s1. The summed E-state index contributed by atoms with van der Waals surface area (Å²) >= 11 is 0. The van der Waals surface area contributed by atoms with Crippen LogP contribution in [0.2, 0.25) is 0 Å². The molecule has 2 atom stereocenters. The van der Waals surface area contributed by atoms with Crippen LogP contribution < -0.4 is 11.1 Å². The van der Waals surface area contributed by atoms with Gasteiger partial charge in [0.05, 0.1) is 5.69 Å². The monoisotopic (exact) mass is 383 g/mol. The minimum absolute atomic E-state index is 0.0375. The molecular formula is C23H21N5O. The van der Waals surface area contributed by atoms with Gasteiger partial charge < -0.3 is 20.5 Å². The molecule has 1 amide bonds. The van der Waals surface area contributed by atoms with Crippen molar-refractivity contribution in [1.29, 1.82) is 0 Å². The minimum atomic E-state index is -0.565. The first kappa shape index (κ1) is 16.4. The molecule has 0 saturated carbocycles. The molecule has 1 aromatic heterocycles. The van der Waals surface area contributed by atoms with Gasteiger partial charge in [0.25, 0.3) is 5.91 Å². The van der Waals surface area contributed by atoms with Crippen molar-refractivity contribution in [3.05, 3.63) is 72.4 Å². The lowest BCUT2D eigenvalue weighted by Gasteiger charge is -2.44. The molecular weight excluding hydrogens is 362 g/mol. The first-order valence-corrected chi connectivity index (χ1v) is 9.98. The highest BCUT2D eigenvalue weighted by atomic mass is 16.2. The molecule has 29 heavy (non-hydrogen) atoms. The van der Waals surface area contributed by atoms with Gasteiger partial charge in [-0.05, 0) is 30.0 Å². The second-order valence-corrected chi connectivity index (χ2v) is 7.89. The molecule has 0 aliphatic carbocycles. The summed E-state index contributed by atoms with van der Waals surface area (Å²) in [6.07, 6.45) is 1.50. The SMILES string of the molecule is NC1=N[C@H]2n3c(cc(-c4ccccc4)c3-c3ccccc3)C(=O)N3CCC[C@]23N1. The van der Waals surface area contributed by atoms with E-state index in [4.69, 9.17) is 10.7 Å². The Labute approximate surface area is 168 Å². The van der Waals surface area contributed by atoms with E-state index in [9.17, 15) is 4.79 Å². The van der Waals surface area contributed by atoms with Gasteiger partial charge in [0.1, 0.15) is 5.69 Å². The molecule has 0 bridgehead atoms. The average molecular weight is 383 g/mol. The fourth-order valence-electron chi connectivity index (χ4n) is 5.16. The van der Waals surface area contributed by atoms with E-state index >= 15 is 0 Å². The van der Waals surface area contributed by atoms with Crippen molar-refractivity contribution in [2.24, 2.45) is 10.7 Å². The van der Waals surface area contributed by atoms with Crippen molar-refractivity contribution >= 4 is 11.9 Å². The zero-order chi connectivity index (χ0) is 19.6. The van der Waals surface area contributed by atoms with E-state index < -0.39 is 5.66 Å². The topological polar surface area (TPSA) is 75.6 Å². The average Bonchev–Trinajstić information content (AvgIpc) is 3.44. The number of hydrogen-bond donors (Lipinski definition) is 2. The summed E-state index contributed by atoms with van der Waals surface area (Å²) in [7, 11) is 0. The molecule has 0 unspecified atom stereocenters. The van der Waals surface area contributed by atoms with E-state index in [1.54, 1.807) is 0 Å². The molecule has 3 aromatic rings. The van der Waals surface area contributed by atoms with Gasteiger partial charge in [-0.2, -0.15) is 0 Å². The van der Waals surface area contributed by atoms with E-state index in [0.29, 0.717) is 11.7 Å². The molecule has 1 fully saturated rings. The Morgan fingerprint density at radius 3 is 2.45 bits per heavy atom. The lowest BCUT2D eigenvalue weighted by molar-refractivity contribution is 0.0331. The van der Waals surface area contributed by atoms with Crippen LogP contribution in [0.5, 0.6) is 0 Å². The Hall–Kier alpha value is -3.54. The summed E-state index contributed by atoms with van der Waals surface area (Å²) in [5, 5.41) is 3.34. The number of hydrogen-bond acceptors (Lipinski definition) is 4. The van der Waals surface area contributed by atoms with E-state index in [1.165, 1.54) is 0 Å². The first-order valence-electron chi connectivity index (χ1n) is 9.98. The number of carbonyl (C=O) groups excluding carboxylic acids is 1. The van der Waals surface area contributed by atoms with Gasteiger partial charge in [0.2, 0.25) is 0 Å². The van der Waals surface area contributed by atoms with Crippen LogP contribution in [0.3, 0.4) is 0 Å². The van der Waals surface area contributed by atoms with Gasteiger partial charge in [-0.1, -0.05) is 60.7 Å². The van der Waals surface area contributed by atoms with E-state index in [2.05, 4.69) is 34.1 Å². The Balaban J connectivity index is 1.68. The molecule has 1 spiro atoms. The molecule has 144 valence electrons. The third-order valence-electron chi connectivity index (χ3n) is 6.33. The highest BCUT2D eigenvalue weighted by Gasteiger charge is 2.58. The summed E-state index contributed by atoms with van der Waals surface area (Å²) in [5.74, 6) is 0.437. The first-order chi connectivity index (χ1) is 14.2. The van der Waals surface area contributed by atoms with Crippen LogP contribution in [0.4, 0.5) is 0 Å². The van der Waals surface area contributed by atoms with Crippen LogP contribution in [-0.4, -0.2) is 33.5 Å². The van der Waals surface area contributed by atoms with E-state index in [-0.39, 0.29) is 12.1 Å². The summed E-state index contributed by atoms with van der Waals surface area (Å²) < 4.78 is 2.11. The smallest absolute Gasteiger partial charge is 0.272 e. The van der Waals surface area contributed by atoms with Crippen LogP contribution in [-0.2, 0) is 0 Å². The maximum atomic E-state index is 13.5. The Morgan fingerprint density at radius 2 is 1.72 bits per heavy atom. The number of rotatable bonds is 2. The lowest BCUT2D eigenvalue weighted by Crippen LogP contribution is -2.63. The molecule has 2 aromatic carbocycles. The van der Waals surface area contributed by atoms with Crippen molar-refractivity contribution in [2.75, 3.05) is 6.54 Å². The molecule has 3 N–H and O–H groups in total. The quantitative estimate of drug-likeness (QED) is 0.714. The molecule has 6 rings (SSSR count). The van der Waals surface area contributed by atoms with Crippen molar-refractivity contribution in [3.63, 3.8) is 0 Å². The molecule has 0 radical (unpaired) electrons. The van der Waals surface area contributed by atoms with E-state index in [0.717, 1.165) is 41.8 Å². The van der Waals surface area contributed by atoms with Crippen molar-refractivity contribution in [2.45, 2.75) is 24.7 Å². The van der Waals surface area contributed by atoms with Gasteiger partial charge in [-0.3, -0.25) is 4.79 Å². The number of aromatic nitrogens is 1. The van der Waals surface area contributed by atoms with Crippen molar-refractivity contribution in [1.82, 2.24) is 14.8 Å². The van der Waals surface area contributed by atoms with Crippen LogP contribution in [0.15, 0.2) is 71.7 Å². The van der Waals surface area contributed by atoms with Crippen molar-refractivity contribution < 1.29 is 4.79 Å². The Bertz CT molecular complexity index is 1150. The fraction of sp³-hybridized carbons (Fsp3) is 0.217. The molecule has 6 nitrogen and oxygen atoms in total. The number of fused-ring (bicyclic) bond motifs is 2. The number of nitrogens with zero attached hydrogens (tertiary/aromatic N) is 3. The second kappa shape index (κ2) is 5.73. The zero-order valence-electron chi connectivity index (χ0n) is 15.9. The normalized spacial score (nSPS) is 24.6. The van der Waals surface area contributed by atoms with Gasteiger partial charge in [-0.15, -0.1) is 0 Å². The van der Waals surface area contributed by atoms with Gasteiger partial charge in [0, 0.05) is 12.1 Å². The maximum absolute atomic E-state index is 13.5. The summed E-state index contributed by atoms with van der Waals surface area (Å²) in [5.41, 5.74) is 10.4. The molecule has 6 heteroatoms. The van der Waals surface area contributed by atoms with Gasteiger partial charge in [-0.25, -0.2) is 4.99 Å². The number of nitrogens with two attached hydrogens (primary N) is 1. The van der Waals surface area contributed by atoms with Crippen LogP contribution in [0.1, 0.15) is 29.5 Å². The van der Waals surface area contributed by atoms with Crippen molar-refractivity contribution in [3.8, 4) is 22.4 Å². The lowest BCUT2D eigenvalue weighted by atomic mass is 9.99. The van der Waals surface area contributed by atoms with Crippen LogP contribution in [0.25, 0.3) is 22.4 Å².